The first kappa shape index (κ1) is 17.7. The molecule has 0 aliphatic carbocycles. The van der Waals surface area contributed by atoms with Crippen LogP contribution in [0.4, 0.5) is 5.69 Å². The minimum absolute atomic E-state index is 0.150. The van der Waals surface area contributed by atoms with Crippen molar-refractivity contribution in [3.8, 4) is 11.4 Å². The summed E-state index contributed by atoms with van der Waals surface area (Å²) < 4.78 is 7.45. The van der Waals surface area contributed by atoms with Gasteiger partial charge in [0.25, 0.3) is 11.8 Å². The molecule has 2 amide bonds. The molecule has 2 aromatic carbocycles. The van der Waals surface area contributed by atoms with Gasteiger partial charge in [-0.05, 0) is 36.4 Å². The minimum atomic E-state index is -0.747. The predicted molar refractivity (Wildman–Crippen MR) is 103 cm³/mol. The van der Waals surface area contributed by atoms with Crippen molar-refractivity contribution in [2.24, 2.45) is 0 Å². The first-order chi connectivity index (χ1) is 13.5. The molecule has 1 aliphatic rings. The van der Waals surface area contributed by atoms with E-state index in [2.05, 4.69) is 10.1 Å². The van der Waals surface area contributed by atoms with Crippen LogP contribution in [0.3, 0.4) is 0 Å². The quantitative estimate of drug-likeness (QED) is 0.695. The van der Waals surface area contributed by atoms with E-state index >= 15 is 0 Å². The van der Waals surface area contributed by atoms with Gasteiger partial charge in [-0.2, -0.15) is 5.10 Å². The molecule has 4 rings (SSSR count). The molecule has 0 spiro atoms. The van der Waals surface area contributed by atoms with Crippen molar-refractivity contribution in [2.45, 2.75) is 6.10 Å². The molecule has 142 valence electrons. The molecule has 0 saturated heterocycles. The van der Waals surface area contributed by atoms with E-state index < -0.39 is 6.10 Å². The maximum Gasteiger partial charge on any atom is 0.265 e. The fourth-order valence-electron chi connectivity index (χ4n) is 3.10. The number of fused-ring (bicyclic) bond motifs is 1. The second-order valence-electron chi connectivity index (χ2n) is 6.61. The zero-order valence-electron chi connectivity index (χ0n) is 15.5. The lowest BCUT2D eigenvalue weighted by Gasteiger charge is -2.35. The van der Waals surface area contributed by atoms with Crippen LogP contribution in [0.25, 0.3) is 5.69 Å². The number of amides is 2. The summed E-state index contributed by atoms with van der Waals surface area (Å²) in [7, 11) is 3.34. The summed E-state index contributed by atoms with van der Waals surface area (Å²) in [4.78, 5) is 32.6. The van der Waals surface area contributed by atoms with Crippen molar-refractivity contribution in [1.82, 2.24) is 19.7 Å². The predicted octanol–water partition coefficient (Wildman–Crippen LogP) is 1.76. The number of likely N-dealkylation sites (N-methyl/N-ethyl adjacent to an activating group) is 1. The Hall–Kier alpha value is -3.68. The van der Waals surface area contributed by atoms with Gasteiger partial charge in [0.15, 0.2) is 6.10 Å². The zero-order valence-corrected chi connectivity index (χ0v) is 15.5. The highest BCUT2D eigenvalue weighted by Crippen LogP contribution is 2.34. The molecule has 0 bridgehead atoms. The molecule has 1 atom stereocenters. The summed E-state index contributed by atoms with van der Waals surface area (Å²) >= 11 is 0. The van der Waals surface area contributed by atoms with Crippen molar-refractivity contribution in [3.63, 3.8) is 0 Å². The van der Waals surface area contributed by atoms with Gasteiger partial charge in [-0.25, -0.2) is 9.67 Å². The summed E-state index contributed by atoms with van der Waals surface area (Å²) in [6.45, 7) is 0.150. The zero-order chi connectivity index (χ0) is 19.7. The van der Waals surface area contributed by atoms with Crippen LogP contribution in [0.15, 0.2) is 61.2 Å². The second-order valence-corrected chi connectivity index (χ2v) is 6.61. The monoisotopic (exact) mass is 377 g/mol. The fraction of sp³-hybridized carbons (Fsp3) is 0.200. The van der Waals surface area contributed by atoms with Gasteiger partial charge in [-0.1, -0.05) is 12.1 Å². The number of hydrogen-bond acceptors (Lipinski definition) is 5. The second kappa shape index (κ2) is 7.15. The number of aromatic nitrogens is 3. The van der Waals surface area contributed by atoms with Gasteiger partial charge in [0.05, 0.1) is 17.9 Å². The lowest BCUT2D eigenvalue weighted by Crippen LogP contribution is -2.50. The Morgan fingerprint density at radius 2 is 1.86 bits per heavy atom. The average molecular weight is 377 g/mol. The Morgan fingerprint density at radius 1 is 1.11 bits per heavy atom. The first-order valence-electron chi connectivity index (χ1n) is 8.78. The number of benzene rings is 2. The molecule has 0 N–H and O–H groups in total. The van der Waals surface area contributed by atoms with Gasteiger partial charge in [0, 0.05) is 19.7 Å². The molecular weight excluding hydrogens is 358 g/mol. The van der Waals surface area contributed by atoms with Gasteiger partial charge >= 0.3 is 0 Å². The molecule has 3 aromatic rings. The molecule has 2 heterocycles. The number of para-hydroxylation sites is 2. The summed E-state index contributed by atoms with van der Waals surface area (Å²) in [5, 5.41) is 4.08. The third kappa shape index (κ3) is 3.20. The van der Waals surface area contributed by atoms with Crippen LogP contribution in [-0.2, 0) is 4.79 Å². The van der Waals surface area contributed by atoms with Crippen LogP contribution in [0.2, 0.25) is 0 Å². The summed E-state index contributed by atoms with van der Waals surface area (Å²) in [6.07, 6.45) is 2.29. The van der Waals surface area contributed by atoms with Crippen molar-refractivity contribution >= 4 is 17.5 Å². The summed E-state index contributed by atoms with van der Waals surface area (Å²) in [6, 6.07) is 14.3. The van der Waals surface area contributed by atoms with Crippen LogP contribution in [0.1, 0.15) is 10.4 Å². The van der Waals surface area contributed by atoms with E-state index in [9.17, 15) is 9.59 Å². The Bertz CT molecular complexity index is 999. The van der Waals surface area contributed by atoms with Crippen molar-refractivity contribution in [3.05, 3.63) is 66.7 Å². The van der Waals surface area contributed by atoms with E-state index in [0.29, 0.717) is 17.0 Å². The minimum Gasteiger partial charge on any atom is -0.476 e. The molecule has 0 saturated carbocycles. The van der Waals surface area contributed by atoms with Crippen LogP contribution in [-0.4, -0.2) is 58.2 Å². The maximum absolute atomic E-state index is 13.2. The SMILES string of the molecule is CN(C)C(=O)[C@H]1CN(C(=O)c2ccc(-n3cncn3)cc2)c2ccccc2O1. The standard InChI is InChI=1S/C20H19N5O3/c1-23(2)20(27)18-11-24(16-5-3-4-6-17(16)28-18)19(26)14-7-9-15(10-8-14)25-13-21-12-22-25/h3-10,12-13,18H,11H2,1-2H3/t18-/m1/s1. The molecule has 1 aromatic heterocycles. The van der Waals surface area contributed by atoms with Crippen molar-refractivity contribution in [1.29, 1.82) is 0 Å². The Balaban J connectivity index is 1.64. The number of nitrogens with zero attached hydrogens (tertiary/aromatic N) is 5. The smallest absolute Gasteiger partial charge is 0.265 e. The van der Waals surface area contributed by atoms with E-state index in [1.54, 1.807) is 60.3 Å². The van der Waals surface area contributed by atoms with Crippen LogP contribution >= 0.6 is 0 Å². The lowest BCUT2D eigenvalue weighted by molar-refractivity contribution is -0.135. The van der Waals surface area contributed by atoms with E-state index in [-0.39, 0.29) is 18.4 Å². The number of anilines is 1. The van der Waals surface area contributed by atoms with Gasteiger partial charge in [0.2, 0.25) is 0 Å². The van der Waals surface area contributed by atoms with Crippen molar-refractivity contribution in [2.75, 3.05) is 25.5 Å². The third-order valence-corrected chi connectivity index (χ3v) is 4.53. The van der Waals surface area contributed by atoms with Crippen molar-refractivity contribution < 1.29 is 14.3 Å². The number of rotatable bonds is 3. The van der Waals surface area contributed by atoms with Crippen LogP contribution in [0, 0.1) is 0 Å². The lowest BCUT2D eigenvalue weighted by atomic mass is 10.1. The van der Waals surface area contributed by atoms with E-state index in [1.165, 1.54) is 11.2 Å². The van der Waals surface area contributed by atoms with E-state index in [1.807, 2.05) is 18.2 Å². The highest BCUT2D eigenvalue weighted by molar-refractivity contribution is 6.08. The number of carbonyl (C=O) groups excluding carboxylic acids is 2. The molecule has 8 heteroatoms. The molecule has 1 aliphatic heterocycles. The Morgan fingerprint density at radius 3 is 2.54 bits per heavy atom. The first-order valence-corrected chi connectivity index (χ1v) is 8.78. The maximum atomic E-state index is 13.2. The number of hydrogen-bond donors (Lipinski definition) is 0. The van der Waals surface area contributed by atoms with Gasteiger partial charge in [-0.3, -0.25) is 9.59 Å². The van der Waals surface area contributed by atoms with Gasteiger partial charge < -0.3 is 14.5 Å². The van der Waals surface area contributed by atoms with Crippen LogP contribution in [0.5, 0.6) is 5.75 Å². The highest BCUT2D eigenvalue weighted by Gasteiger charge is 2.34. The molecule has 0 unspecified atom stereocenters. The normalized spacial score (nSPS) is 15.5. The topological polar surface area (TPSA) is 80.6 Å². The number of ether oxygens (including phenoxy) is 1. The average Bonchev–Trinajstić information content (AvgIpc) is 3.27. The third-order valence-electron chi connectivity index (χ3n) is 4.53. The molecule has 0 fully saturated rings. The Labute approximate surface area is 162 Å². The summed E-state index contributed by atoms with van der Waals surface area (Å²) in [5.74, 6) is 0.132. The molecule has 8 nitrogen and oxygen atoms in total. The molecule has 0 radical (unpaired) electrons. The van der Waals surface area contributed by atoms with Gasteiger partial charge in [0.1, 0.15) is 18.4 Å². The highest BCUT2D eigenvalue weighted by atomic mass is 16.5. The number of carbonyl (C=O) groups is 2. The molecule has 28 heavy (non-hydrogen) atoms. The van der Waals surface area contributed by atoms with E-state index in [4.69, 9.17) is 4.74 Å². The Kier molecular flexibility index (Phi) is 4.52. The molecular formula is C20H19N5O3. The van der Waals surface area contributed by atoms with Gasteiger partial charge in [-0.15, -0.1) is 0 Å². The van der Waals surface area contributed by atoms with E-state index in [0.717, 1.165) is 5.69 Å². The largest absolute Gasteiger partial charge is 0.476 e. The fourth-order valence-corrected chi connectivity index (χ4v) is 3.10. The summed E-state index contributed by atoms with van der Waals surface area (Å²) in [5.41, 5.74) is 1.96. The van der Waals surface area contributed by atoms with Crippen LogP contribution < -0.4 is 9.64 Å².